The van der Waals surface area contributed by atoms with Crippen molar-refractivity contribution in [2.45, 2.75) is 50.6 Å². The van der Waals surface area contributed by atoms with Gasteiger partial charge in [-0.1, -0.05) is 12.8 Å². The summed E-state index contributed by atoms with van der Waals surface area (Å²) in [5.41, 5.74) is -0.0667. The molecule has 118 valence electrons. The summed E-state index contributed by atoms with van der Waals surface area (Å²) < 4.78 is 32.3. The second-order valence-corrected chi connectivity index (χ2v) is 6.94. The van der Waals surface area contributed by atoms with E-state index in [1.54, 1.807) is 6.92 Å². The van der Waals surface area contributed by atoms with E-state index in [-0.39, 0.29) is 23.2 Å². The Labute approximate surface area is 124 Å². The molecule has 0 radical (unpaired) electrons. The number of aromatic nitrogens is 2. The number of ether oxygens (including phenoxy) is 1. The Morgan fingerprint density at radius 2 is 2.19 bits per heavy atom. The van der Waals surface area contributed by atoms with E-state index in [0.717, 1.165) is 25.7 Å². The van der Waals surface area contributed by atoms with Gasteiger partial charge in [-0.05, 0) is 32.6 Å². The van der Waals surface area contributed by atoms with Crippen LogP contribution in [-0.4, -0.2) is 37.2 Å². The van der Waals surface area contributed by atoms with Gasteiger partial charge in [0.2, 0.25) is 0 Å². The Hall–Kier alpha value is -1.41. The third-order valence-electron chi connectivity index (χ3n) is 3.82. The quantitative estimate of drug-likeness (QED) is 0.774. The Morgan fingerprint density at radius 1 is 1.52 bits per heavy atom. The van der Waals surface area contributed by atoms with Crippen LogP contribution in [0.3, 0.4) is 0 Å². The number of esters is 1. The van der Waals surface area contributed by atoms with Crippen molar-refractivity contribution in [1.29, 1.82) is 0 Å². The maximum absolute atomic E-state index is 12.4. The first-order chi connectivity index (χ1) is 9.95. The number of aromatic amines is 1. The van der Waals surface area contributed by atoms with E-state index in [0.29, 0.717) is 5.92 Å². The van der Waals surface area contributed by atoms with E-state index >= 15 is 0 Å². The molecule has 0 aromatic carbocycles. The largest absolute Gasteiger partial charge is 0.462 e. The van der Waals surface area contributed by atoms with Crippen LogP contribution in [0, 0.1) is 5.92 Å². The zero-order valence-electron chi connectivity index (χ0n) is 12.3. The van der Waals surface area contributed by atoms with E-state index in [9.17, 15) is 13.2 Å². The smallest absolute Gasteiger partial charge is 0.342 e. The zero-order chi connectivity index (χ0) is 15.5. The van der Waals surface area contributed by atoms with Crippen molar-refractivity contribution in [3.8, 4) is 0 Å². The van der Waals surface area contributed by atoms with Crippen molar-refractivity contribution in [2.75, 3.05) is 6.61 Å². The number of carbonyl (C=O) groups excluding carboxylic acids is 1. The normalized spacial score (nSPS) is 17.8. The molecule has 1 aromatic heterocycles. The molecule has 21 heavy (non-hydrogen) atoms. The average Bonchev–Trinajstić information content (AvgIpc) is 3.10. The fourth-order valence-electron chi connectivity index (χ4n) is 2.69. The summed E-state index contributed by atoms with van der Waals surface area (Å²) in [5.74, 6) is -0.353. The highest BCUT2D eigenvalue weighted by Gasteiger charge is 2.30. The summed E-state index contributed by atoms with van der Waals surface area (Å²) in [6, 6.07) is -0.171. The molecule has 8 heteroatoms. The molecule has 1 fully saturated rings. The topological polar surface area (TPSA) is 101 Å². The van der Waals surface area contributed by atoms with Gasteiger partial charge in [0.15, 0.2) is 5.03 Å². The number of nitrogens with one attached hydrogen (secondary N) is 2. The maximum Gasteiger partial charge on any atom is 0.342 e. The SMILES string of the molecule is CCOC(=O)c1cn[nH]c1S(=O)(=O)NC(C)C1CCCC1. The molecule has 0 amide bonds. The lowest BCUT2D eigenvalue weighted by Gasteiger charge is -2.19. The molecule has 1 heterocycles. The summed E-state index contributed by atoms with van der Waals surface area (Å²) in [6.45, 7) is 3.69. The van der Waals surface area contributed by atoms with Crippen LogP contribution >= 0.6 is 0 Å². The van der Waals surface area contributed by atoms with Crippen LogP contribution in [0.4, 0.5) is 0 Å². The van der Waals surface area contributed by atoms with Crippen molar-refractivity contribution in [3.63, 3.8) is 0 Å². The minimum atomic E-state index is -3.82. The van der Waals surface area contributed by atoms with Crippen LogP contribution in [-0.2, 0) is 14.8 Å². The van der Waals surface area contributed by atoms with E-state index in [1.807, 2.05) is 6.92 Å². The van der Waals surface area contributed by atoms with Gasteiger partial charge < -0.3 is 4.74 Å². The number of carbonyl (C=O) groups is 1. The highest BCUT2D eigenvalue weighted by atomic mass is 32.2. The molecule has 0 saturated heterocycles. The fraction of sp³-hybridized carbons (Fsp3) is 0.692. The van der Waals surface area contributed by atoms with Crippen molar-refractivity contribution in [1.82, 2.24) is 14.9 Å². The molecule has 2 rings (SSSR count). The molecule has 1 aromatic rings. The first kappa shape index (κ1) is 16.0. The maximum atomic E-state index is 12.4. The van der Waals surface area contributed by atoms with Crippen LogP contribution in [0.1, 0.15) is 49.9 Å². The summed E-state index contributed by atoms with van der Waals surface area (Å²) >= 11 is 0. The Morgan fingerprint density at radius 3 is 2.81 bits per heavy atom. The molecular formula is C13H21N3O4S. The number of rotatable bonds is 6. The van der Waals surface area contributed by atoms with Crippen LogP contribution in [0.5, 0.6) is 0 Å². The lowest BCUT2D eigenvalue weighted by atomic mass is 10.0. The van der Waals surface area contributed by atoms with Gasteiger partial charge in [0, 0.05) is 6.04 Å². The average molecular weight is 315 g/mol. The van der Waals surface area contributed by atoms with Crippen molar-refractivity contribution >= 4 is 16.0 Å². The van der Waals surface area contributed by atoms with Crippen LogP contribution < -0.4 is 4.72 Å². The van der Waals surface area contributed by atoms with E-state index in [2.05, 4.69) is 14.9 Å². The monoisotopic (exact) mass is 315 g/mol. The molecule has 0 spiro atoms. The number of sulfonamides is 1. The van der Waals surface area contributed by atoms with Crippen molar-refractivity contribution in [3.05, 3.63) is 11.8 Å². The van der Waals surface area contributed by atoms with Gasteiger partial charge in [-0.2, -0.15) is 5.10 Å². The summed E-state index contributed by atoms with van der Waals surface area (Å²) in [5, 5.41) is 5.80. The summed E-state index contributed by atoms with van der Waals surface area (Å²) in [4.78, 5) is 11.7. The fourth-order valence-corrected chi connectivity index (χ4v) is 4.09. The second kappa shape index (κ2) is 6.57. The van der Waals surface area contributed by atoms with E-state index < -0.39 is 16.0 Å². The predicted octanol–water partition coefficient (Wildman–Crippen LogP) is 1.44. The molecule has 1 atom stereocenters. The Bertz CT molecular complexity index is 590. The molecule has 1 unspecified atom stereocenters. The Kier molecular flexibility index (Phi) is 5.00. The number of H-pyrrole nitrogens is 1. The highest BCUT2D eigenvalue weighted by molar-refractivity contribution is 7.89. The first-order valence-corrected chi connectivity index (χ1v) is 8.67. The van der Waals surface area contributed by atoms with Crippen molar-refractivity contribution in [2.24, 2.45) is 5.92 Å². The molecule has 1 aliphatic carbocycles. The standard InChI is InChI=1S/C13H21N3O4S/c1-3-20-13(17)11-8-14-15-12(11)21(18,19)16-9(2)10-6-4-5-7-10/h8-10,16H,3-7H2,1-2H3,(H,14,15). The lowest BCUT2D eigenvalue weighted by molar-refractivity contribution is 0.0522. The molecule has 2 N–H and O–H groups in total. The molecular weight excluding hydrogens is 294 g/mol. The predicted molar refractivity (Wildman–Crippen MR) is 76.3 cm³/mol. The van der Waals surface area contributed by atoms with Gasteiger partial charge in [-0.25, -0.2) is 17.9 Å². The summed E-state index contributed by atoms with van der Waals surface area (Å²) in [7, 11) is -3.82. The molecule has 1 saturated carbocycles. The van der Waals surface area contributed by atoms with Crippen LogP contribution in [0.2, 0.25) is 0 Å². The summed E-state index contributed by atoms with van der Waals surface area (Å²) in [6.07, 6.45) is 5.49. The van der Waals surface area contributed by atoms with Crippen molar-refractivity contribution < 1.29 is 17.9 Å². The molecule has 1 aliphatic rings. The number of nitrogens with zero attached hydrogens (tertiary/aromatic N) is 1. The van der Waals surface area contributed by atoms with Gasteiger partial charge >= 0.3 is 5.97 Å². The lowest BCUT2D eigenvalue weighted by Crippen LogP contribution is -2.38. The second-order valence-electron chi connectivity index (χ2n) is 5.29. The third kappa shape index (κ3) is 3.62. The number of hydrogen-bond acceptors (Lipinski definition) is 5. The highest BCUT2D eigenvalue weighted by Crippen LogP contribution is 2.28. The molecule has 7 nitrogen and oxygen atoms in total. The van der Waals surface area contributed by atoms with Gasteiger partial charge in [0.1, 0.15) is 5.56 Å². The Balaban J connectivity index is 2.16. The van der Waals surface area contributed by atoms with E-state index in [4.69, 9.17) is 4.74 Å². The first-order valence-electron chi connectivity index (χ1n) is 7.18. The van der Waals surface area contributed by atoms with E-state index in [1.165, 1.54) is 6.20 Å². The van der Waals surface area contributed by atoms with Gasteiger partial charge in [-0.15, -0.1) is 0 Å². The minimum absolute atomic E-state index is 0.0667. The molecule has 0 bridgehead atoms. The van der Waals surface area contributed by atoms with Gasteiger partial charge in [0.05, 0.1) is 12.8 Å². The van der Waals surface area contributed by atoms with Crippen LogP contribution in [0.25, 0.3) is 0 Å². The third-order valence-corrected chi connectivity index (χ3v) is 5.35. The van der Waals surface area contributed by atoms with Gasteiger partial charge in [-0.3, -0.25) is 5.10 Å². The van der Waals surface area contributed by atoms with Crippen LogP contribution in [0.15, 0.2) is 11.2 Å². The minimum Gasteiger partial charge on any atom is -0.462 e. The molecule has 0 aliphatic heterocycles. The van der Waals surface area contributed by atoms with Gasteiger partial charge in [0.25, 0.3) is 10.0 Å². The zero-order valence-corrected chi connectivity index (χ0v) is 13.1. The number of hydrogen-bond donors (Lipinski definition) is 2.